The van der Waals surface area contributed by atoms with E-state index in [1.807, 2.05) is 0 Å². The molecule has 1 N–H and O–H groups in total. The normalized spacial score (nSPS) is 16.0. The number of methoxy groups -OCH3 is 1. The molecule has 1 aliphatic rings. The Kier molecular flexibility index (Phi) is 7.36. The highest BCUT2D eigenvalue weighted by molar-refractivity contribution is 6.35. The Hall–Kier alpha value is -2.28. The van der Waals surface area contributed by atoms with Gasteiger partial charge in [-0.2, -0.15) is 0 Å². The van der Waals surface area contributed by atoms with Gasteiger partial charge in [-0.05, 0) is 43.2 Å². The van der Waals surface area contributed by atoms with E-state index in [1.165, 1.54) is 6.07 Å². The molecular weight excluding hydrogens is 415 g/mol. The molecule has 2 aromatic carbocycles. The fourth-order valence-corrected chi connectivity index (χ4v) is 3.60. The number of anilines is 1. The van der Waals surface area contributed by atoms with Crippen molar-refractivity contribution in [3.63, 3.8) is 0 Å². The predicted octanol–water partition coefficient (Wildman–Crippen LogP) is 4.26. The van der Waals surface area contributed by atoms with Crippen molar-refractivity contribution in [1.82, 2.24) is 4.90 Å². The summed E-state index contributed by atoms with van der Waals surface area (Å²) in [5, 5.41) is 3.60. The average Bonchev–Trinajstić information content (AvgIpc) is 3.20. The van der Waals surface area contributed by atoms with E-state index in [9.17, 15) is 9.59 Å². The Labute approximate surface area is 179 Å². The minimum absolute atomic E-state index is 0.247. The third-order valence-electron chi connectivity index (χ3n) is 4.63. The largest absolute Gasteiger partial charge is 0.491 e. The number of rotatable bonds is 7. The first-order valence-electron chi connectivity index (χ1n) is 9.28. The van der Waals surface area contributed by atoms with Crippen molar-refractivity contribution in [3.8, 4) is 5.75 Å². The van der Waals surface area contributed by atoms with E-state index < -0.39 is 6.04 Å². The molecule has 1 aliphatic heterocycles. The van der Waals surface area contributed by atoms with E-state index in [1.54, 1.807) is 48.4 Å². The van der Waals surface area contributed by atoms with Crippen LogP contribution < -0.4 is 10.1 Å². The number of nitrogens with one attached hydrogen (secondary N) is 1. The highest BCUT2D eigenvalue weighted by atomic mass is 35.5. The van der Waals surface area contributed by atoms with Crippen LogP contribution in [0.25, 0.3) is 0 Å². The van der Waals surface area contributed by atoms with Crippen molar-refractivity contribution < 1.29 is 19.1 Å². The monoisotopic (exact) mass is 436 g/mol. The van der Waals surface area contributed by atoms with Gasteiger partial charge < -0.3 is 19.7 Å². The smallest absolute Gasteiger partial charge is 0.256 e. The fourth-order valence-electron chi connectivity index (χ4n) is 3.23. The number of carbonyl (C=O) groups excluding carboxylic acids is 2. The van der Waals surface area contributed by atoms with Gasteiger partial charge in [-0.25, -0.2) is 0 Å². The van der Waals surface area contributed by atoms with Gasteiger partial charge in [-0.3, -0.25) is 9.59 Å². The molecule has 1 heterocycles. The van der Waals surface area contributed by atoms with E-state index in [2.05, 4.69) is 5.32 Å². The van der Waals surface area contributed by atoms with Crippen LogP contribution in [0.5, 0.6) is 5.75 Å². The number of carbonyl (C=O) groups is 2. The SMILES string of the molecule is COCCOc1cccc(NC(=O)C2CCCN2C(=O)c2cc(Cl)ccc2Cl)c1. The minimum atomic E-state index is -0.574. The molecule has 0 aliphatic carbocycles. The molecule has 1 fully saturated rings. The third-order valence-corrected chi connectivity index (χ3v) is 5.20. The highest BCUT2D eigenvalue weighted by Crippen LogP contribution is 2.27. The molecule has 3 rings (SSSR count). The van der Waals surface area contributed by atoms with Gasteiger partial charge in [0, 0.05) is 30.4 Å². The van der Waals surface area contributed by atoms with Gasteiger partial charge in [0.05, 0.1) is 17.2 Å². The Morgan fingerprint density at radius 2 is 2.00 bits per heavy atom. The van der Waals surface area contributed by atoms with Crippen LogP contribution in [0.3, 0.4) is 0 Å². The second-order valence-electron chi connectivity index (χ2n) is 6.64. The van der Waals surface area contributed by atoms with Gasteiger partial charge in [0.25, 0.3) is 5.91 Å². The molecule has 0 radical (unpaired) electrons. The Morgan fingerprint density at radius 3 is 2.79 bits per heavy atom. The number of ether oxygens (including phenoxy) is 2. The molecule has 2 aromatic rings. The van der Waals surface area contributed by atoms with E-state index in [4.69, 9.17) is 32.7 Å². The van der Waals surface area contributed by atoms with Gasteiger partial charge >= 0.3 is 0 Å². The molecule has 0 saturated carbocycles. The van der Waals surface area contributed by atoms with Crippen molar-refractivity contribution in [1.29, 1.82) is 0 Å². The van der Waals surface area contributed by atoms with Gasteiger partial charge in [0.2, 0.25) is 5.91 Å². The lowest BCUT2D eigenvalue weighted by Gasteiger charge is -2.24. The molecular formula is C21H22Cl2N2O4. The zero-order valence-electron chi connectivity index (χ0n) is 16.0. The number of amides is 2. The third kappa shape index (κ3) is 5.41. The van der Waals surface area contributed by atoms with Crippen LogP contribution >= 0.6 is 23.2 Å². The van der Waals surface area contributed by atoms with Crippen molar-refractivity contribution in [2.75, 3.05) is 32.2 Å². The molecule has 6 nitrogen and oxygen atoms in total. The number of benzene rings is 2. The maximum absolute atomic E-state index is 13.0. The van der Waals surface area contributed by atoms with E-state index in [0.29, 0.717) is 53.2 Å². The van der Waals surface area contributed by atoms with Gasteiger partial charge in [-0.15, -0.1) is 0 Å². The number of hydrogen-bond donors (Lipinski definition) is 1. The van der Waals surface area contributed by atoms with Gasteiger partial charge in [0.1, 0.15) is 18.4 Å². The van der Waals surface area contributed by atoms with E-state index >= 15 is 0 Å². The number of likely N-dealkylation sites (tertiary alicyclic amines) is 1. The summed E-state index contributed by atoms with van der Waals surface area (Å²) >= 11 is 12.2. The lowest BCUT2D eigenvalue weighted by Crippen LogP contribution is -2.43. The Bertz CT molecular complexity index is 891. The van der Waals surface area contributed by atoms with Crippen LogP contribution in [-0.2, 0) is 9.53 Å². The second kappa shape index (κ2) is 9.96. The zero-order chi connectivity index (χ0) is 20.8. The summed E-state index contributed by atoms with van der Waals surface area (Å²) < 4.78 is 10.5. The lowest BCUT2D eigenvalue weighted by molar-refractivity contribution is -0.119. The second-order valence-corrected chi connectivity index (χ2v) is 7.48. The van der Waals surface area contributed by atoms with Crippen LogP contribution in [0, 0.1) is 0 Å². The average molecular weight is 437 g/mol. The van der Waals surface area contributed by atoms with Crippen LogP contribution in [-0.4, -0.2) is 49.6 Å². The van der Waals surface area contributed by atoms with Crippen LogP contribution in [0.1, 0.15) is 23.2 Å². The van der Waals surface area contributed by atoms with Crippen LogP contribution in [0.2, 0.25) is 10.0 Å². The Morgan fingerprint density at radius 1 is 1.17 bits per heavy atom. The maximum Gasteiger partial charge on any atom is 0.256 e. The molecule has 0 aromatic heterocycles. The van der Waals surface area contributed by atoms with Crippen molar-refractivity contribution in [2.24, 2.45) is 0 Å². The highest BCUT2D eigenvalue weighted by Gasteiger charge is 2.35. The molecule has 154 valence electrons. The predicted molar refractivity (Wildman–Crippen MR) is 113 cm³/mol. The molecule has 8 heteroatoms. The van der Waals surface area contributed by atoms with Crippen molar-refractivity contribution in [3.05, 3.63) is 58.1 Å². The van der Waals surface area contributed by atoms with Crippen LogP contribution in [0.4, 0.5) is 5.69 Å². The number of hydrogen-bond acceptors (Lipinski definition) is 4. The molecule has 2 amide bonds. The summed E-state index contributed by atoms with van der Waals surface area (Å²) in [7, 11) is 1.60. The van der Waals surface area contributed by atoms with Crippen molar-refractivity contribution >= 4 is 40.7 Å². The fraction of sp³-hybridized carbons (Fsp3) is 0.333. The zero-order valence-corrected chi connectivity index (χ0v) is 17.5. The summed E-state index contributed by atoms with van der Waals surface area (Å²) in [5.74, 6) is 0.0831. The van der Waals surface area contributed by atoms with E-state index in [0.717, 1.165) is 6.42 Å². The summed E-state index contributed by atoms with van der Waals surface area (Å²) in [4.78, 5) is 27.4. The lowest BCUT2D eigenvalue weighted by atomic mass is 10.1. The van der Waals surface area contributed by atoms with E-state index in [-0.39, 0.29) is 11.8 Å². The molecule has 0 spiro atoms. The quantitative estimate of drug-likeness (QED) is 0.658. The minimum Gasteiger partial charge on any atom is -0.491 e. The first-order chi connectivity index (χ1) is 14.0. The number of nitrogens with zero attached hydrogens (tertiary/aromatic N) is 1. The summed E-state index contributed by atoms with van der Waals surface area (Å²) in [6.45, 7) is 1.38. The maximum atomic E-state index is 13.0. The standard InChI is InChI=1S/C21H22Cl2N2O4/c1-28-10-11-29-16-5-2-4-15(13-16)24-20(26)19-6-3-9-25(19)21(27)17-12-14(22)7-8-18(17)23/h2,4-5,7-8,12-13,19H,3,6,9-11H2,1H3,(H,24,26). The molecule has 1 atom stereocenters. The molecule has 1 saturated heterocycles. The summed E-state index contributed by atoms with van der Waals surface area (Å²) in [6.07, 6.45) is 1.32. The van der Waals surface area contributed by atoms with Gasteiger partial charge in [0.15, 0.2) is 0 Å². The molecule has 29 heavy (non-hydrogen) atoms. The molecule has 0 bridgehead atoms. The van der Waals surface area contributed by atoms with Gasteiger partial charge in [-0.1, -0.05) is 29.3 Å². The topological polar surface area (TPSA) is 67.9 Å². The summed E-state index contributed by atoms with van der Waals surface area (Å²) in [6, 6.07) is 11.3. The number of halogens is 2. The van der Waals surface area contributed by atoms with Crippen LogP contribution in [0.15, 0.2) is 42.5 Å². The first-order valence-corrected chi connectivity index (χ1v) is 10.0. The van der Waals surface area contributed by atoms with Crippen molar-refractivity contribution in [2.45, 2.75) is 18.9 Å². The Balaban J connectivity index is 1.69. The first kappa shape index (κ1) is 21.4. The summed E-state index contributed by atoms with van der Waals surface area (Å²) in [5.41, 5.74) is 0.900. The molecule has 1 unspecified atom stereocenters.